The second-order valence-electron chi connectivity index (χ2n) is 4.23. The molecule has 0 fully saturated rings. The Morgan fingerprint density at radius 1 is 1.26 bits per heavy atom. The lowest BCUT2D eigenvalue weighted by Crippen LogP contribution is -2.23. The van der Waals surface area contributed by atoms with Gasteiger partial charge in [-0.15, -0.1) is 0 Å². The van der Waals surface area contributed by atoms with E-state index in [2.05, 4.69) is 95.7 Å². The highest BCUT2D eigenvalue weighted by Gasteiger charge is 2.19. The molecule has 2 aromatic rings. The zero-order valence-corrected chi connectivity index (χ0v) is 16.6. The highest BCUT2D eigenvalue weighted by Crippen LogP contribution is 2.34. The SMILES string of the molecule is CCCNC(c1cscc1Br)c1cc(Br)ccc1I. The van der Waals surface area contributed by atoms with Crippen LogP contribution in [0.2, 0.25) is 0 Å². The molecule has 0 aliphatic rings. The molecule has 1 atom stereocenters. The van der Waals surface area contributed by atoms with E-state index in [-0.39, 0.29) is 6.04 Å². The number of hydrogen-bond acceptors (Lipinski definition) is 2. The summed E-state index contributed by atoms with van der Waals surface area (Å²) in [6.45, 7) is 3.20. The van der Waals surface area contributed by atoms with Crippen molar-refractivity contribution in [2.75, 3.05) is 6.54 Å². The molecule has 1 unspecified atom stereocenters. The van der Waals surface area contributed by atoms with Gasteiger partial charge in [-0.25, -0.2) is 0 Å². The number of nitrogens with one attached hydrogen (secondary N) is 1. The molecule has 1 nitrogen and oxygen atoms in total. The summed E-state index contributed by atoms with van der Waals surface area (Å²) in [6, 6.07) is 6.69. The Bertz CT molecular complexity index is 556. The molecule has 0 amide bonds. The van der Waals surface area contributed by atoms with Gasteiger partial charge in [0.15, 0.2) is 0 Å². The molecular weight excluding hydrogens is 501 g/mol. The normalized spacial score (nSPS) is 12.6. The standard InChI is InChI=1S/C14H14Br2INS/c1-2-5-18-14(11-7-19-8-12(11)16)10-6-9(15)3-4-13(10)17/h3-4,6-8,14,18H,2,5H2,1H3. The van der Waals surface area contributed by atoms with Crippen LogP contribution in [-0.4, -0.2) is 6.54 Å². The lowest BCUT2D eigenvalue weighted by molar-refractivity contribution is 0.596. The van der Waals surface area contributed by atoms with Crippen LogP contribution in [-0.2, 0) is 0 Å². The van der Waals surface area contributed by atoms with Gasteiger partial charge in [0.1, 0.15) is 0 Å². The van der Waals surface area contributed by atoms with Gasteiger partial charge in [-0.1, -0.05) is 22.9 Å². The Labute approximate surface area is 148 Å². The molecule has 19 heavy (non-hydrogen) atoms. The smallest absolute Gasteiger partial charge is 0.0607 e. The van der Waals surface area contributed by atoms with Crippen molar-refractivity contribution < 1.29 is 0 Å². The van der Waals surface area contributed by atoms with Crippen LogP contribution in [0.5, 0.6) is 0 Å². The third-order valence-electron chi connectivity index (χ3n) is 2.82. The van der Waals surface area contributed by atoms with E-state index in [1.165, 1.54) is 19.2 Å². The number of thiophene rings is 1. The van der Waals surface area contributed by atoms with E-state index in [0.29, 0.717) is 0 Å². The van der Waals surface area contributed by atoms with Crippen LogP contribution in [0, 0.1) is 3.57 Å². The number of benzene rings is 1. The summed E-state index contributed by atoms with van der Waals surface area (Å²) in [7, 11) is 0. The highest BCUT2D eigenvalue weighted by atomic mass is 127. The molecule has 0 aliphatic heterocycles. The molecule has 1 aromatic carbocycles. The van der Waals surface area contributed by atoms with E-state index in [1.807, 2.05) is 0 Å². The second-order valence-corrected chi connectivity index (χ2v) is 7.90. The third kappa shape index (κ3) is 4.03. The Balaban J connectivity index is 2.42. The molecule has 0 aliphatic carbocycles. The summed E-state index contributed by atoms with van der Waals surface area (Å²) in [5.74, 6) is 0. The largest absolute Gasteiger partial charge is 0.306 e. The second kappa shape index (κ2) is 7.54. The van der Waals surface area contributed by atoms with Crippen LogP contribution in [0.4, 0.5) is 0 Å². The fraction of sp³-hybridized carbons (Fsp3) is 0.286. The van der Waals surface area contributed by atoms with E-state index in [0.717, 1.165) is 17.4 Å². The van der Waals surface area contributed by atoms with E-state index in [1.54, 1.807) is 11.3 Å². The lowest BCUT2D eigenvalue weighted by Gasteiger charge is -2.20. The summed E-state index contributed by atoms with van der Waals surface area (Å²) < 4.78 is 3.59. The zero-order valence-electron chi connectivity index (χ0n) is 10.4. The molecule has 0 spiro atoms. The van der Waals surface area contributed by atoms with Crippen LogP contribution in [0.1, 0.15) is 30.5 Å². The van der Waals surface area contributed by atoms with Crippen LogP contribution < -0.4 is 5.32 Å². The minimum Gasteiger partial charge on any atom is -0.306 e. The van der Waals surface area contributed by atoms with Crippen molar-refractivity contribution in [3.63, 3.8) is 0 Å². The maximum Gasteiger partial charge on any atom is 0.0607 e. The van der Waals surface area contributed by atoms with E-state index in [9.17, 15) is 0 Å². The molecule has 0 radical (unpaired) electrons. The summed E-state index contributed by atoms with van der Waals surface area (Å²) in [6.07, 6.45) is 1.13. The predicted octanol–water partition coefficient (Wildman–Crippen LogP) is 5.97. The summed E-state index contributed by atoms with van der Waals surface area (Å²) in [4.78, 5) is 0. The quantitative estimate of drug-likeness (QED) is 0.485. The Morgan fingerprint density at radius 3 is 2.68 bits per heavy atom. The van der Waals surface area contributed by atoms with Crippen LogP contribution in [0.15, 0.2) is 37.9 Å². The van der Waals surface area contributed by atoms with Crippen molar-refractivity contribution in [3.8, 4) is 0 Å². The van der Waals surface area contributed by atoms with Gasteiger partial charge in [-0.05, 0) is 86.2 Å². The van der Waals surface area contributed by atoms with Gasteiger partial charge in [0.25, 0.3) is 0 Å². The van der Waals surface area contributed by atoms with Gasteiger partial charge in [0.05, 0.1) is 6.04 Å². The molecule has 0 saturated heterocycles. The van der Waals surface area contributed by atoms with Gasteiger partial charge >= 0.3 is 0 Å². The minimum absolute atomic E-state index is 0.241. The molecule has 1 N–H and O–H groups in total. The van der Waals surface area contributed by atoms with Gasteiger partial charge < -0.3 is 5.32 Å². The molecule has 0 bridgehead atoms. The predicted molar refractivity (Wildman–Crippen MR) is 99.0 cm³/mol. The minimum atomic E-state index is 0.241. The maximum atomic E-state index is 3.66. The van der Waals surface area contributed by atoms with Crippen molar-refractivity contribution in [1.82, 2.24) is 5.32 Å². The Morgan fingerprint density at radius 2 is 2.05 bits per heavy atom. The Kier molecular flexibility index (Phi) is 6.33. The first-order valence-corrected chi connectivity index (χ1v) is 9.64. The first-order valence-electron chi connectivity index (χ1n) is 6.03. The van der Waals surface area contributed by atoms with Gasteiger partial charge in [0.2, 0.25) is 0 Å². The van der Waals surface area contributed by atoms with Crippen molar-refractivity contribution in [1.29, 1.82) is 0 Å². The monoisotopic (exact) mass is 513 g/mol. The highest BCUT2D eigenvalue weighted by molar-refractivity contribution is 14.1. The summed E-state index contributed by atoms with van der Waals surface area (Å²) >= 11 is 11.4. The van der Waals surface area contributed by atoms with Crippen molar-refractivity contribution in [2.24, 2.45) is 0 Å². The first kappa shape index (κ1) is 15.9. The molecule has 0 saturated carbocycles. The van der Waals surface area contributed by atoms with Gasteiger partial charge in [-0.3, -0.25) is 0 Å². The third-order valence-corrected chi connectivity index (χ3v) is 6.05. The molecule has 2 rings (SSSR count). The average molecular weight is 515 g/mol. The average Bonchev–Trinajstić information content (AvgIpc) is 2.80. The van der Waals surface area contributed by atoms with Crippen molar-refractivity contribution in [3.05, 3.63) is 52.6 Å². The van der Waals surface area contributed by atoms with Crippen LogP contribution in [0.3, 0.4) is 0 Å². The van der Waals surface area contributed by atoms with Crippen LogP contribution >= 0.6 is 65.8 Å². The topological polar surface area (TPSA) is 12.0 Å². The van der Waals surface area contributed by atoms with E-state index >= 15 is 0 Å². The first-order chi connectivity index (χ1) is 9.13. The number of hydrogen-bond donors (Lipinski definition) is 1. The van der Waals surface area contributed by atoms with Crippen LogP contribution in [0.25, 0.3) is 0 Å². The molecule has 5 heteroatoms. The number of rotatable bonds is 5. The summed E-state index contributed by atoms with van der Waals surface area (Å²) in [5, 5.41) is 8.00. The number of halogens is 3. The molecule has 1 heterocycles. The van der Waals surface area contributed by atoms with Crippen molar-refractivity contribution in [2.45, 2.75) is 19.4 Å². The fourth-order valence-electron chi connectivity index (χ4n) is 1.91. The van der Waals surface area contributed by atoms with Crippen molar-refractivity contribution >= 4 is 65.8 Å². The van der Waals surface area contributed by atoms with E-state index < -0.39 is 0 Å². The fourth-order valence-corrected chi connectivity index (χ4v) is 4.49. The molecule has 102 valence electrons. The van der Waals surface area contributed by atoms with Gasteiger partial charge in [-0.2, -0.15) is 11.3 Å². The molecule has 1 aromatic heterocycles. The molecular formula is C14H14Br2INS. The van der Waals surface area contributed by atoms with E-state index in [4.69, 9.17) is 0 Å². The summed E-state index contributed by atoms with van der Waals surface area (Å²) in [5.41, 5.74) is 2.64. The Hall–Kier alpha value is 0.570. The maximum absolute atomic E-state index is 3.66. The van der Waals surface area contributed by atoms with Gasteiger partial charge in [0, 0.05) is 17.9 Å². The zero-order chi connectivity index (χ0) is 13.8. The lowest BCUT2D eigenvalue weighted by atomic mass is 10.0.